The summed E-state index contributed by atoms with van der Waals surface area (Å²) in [6, 6.07) is 1.26. The molecule has 4 N–H and O–H groups in total. The number of hydrogen-bond acceptors (Lipinski definition) is 5. The van der Waals surface area contributed by atoms with Gasteiger partial charge in [0.2, 0.25) is 5.91 Å². The molecule has 22 heavy (non-hydrogen) atoms. The first-order valence-corrected chi connectivity index (χ1v) is 8.96. The Morgan fingerprint density at radius 1 is 1.18 bits per heavy atom. The molecule has 6 nitrogen and oxygen atoms in total. The number of fused-ring (bicyclic) bond motifs is 2. The third-order valence-corrected chi connectivity index (χ3v) is 6.14. The molecule has 0 spiro atoms. The highest BCUT2D eigenvalue weighted by atomic mass is 16.2. The zero-order valence-electron chi connectivity index (χ0n) is 13.5. The minimum atomic E-state index is 0.0414. The monoisotopic (exact) mass is 307 g/mol. The average Bonchev–Trinajstić information content (AvgIpc) is 3.07. The highest BCUT2D eigenvalue weighted by molar-refractivity contribution is 5.83. The molecular weight excluding hydrogens is 278 g/mol. The van der Waals surface area contributed by atoms with Crippen LogP contribution in [0.5, 0.6) is 0 Å². The normalized spacial score (nSPS) is 45.6. The first-order chi connectivity index (χ1) is 10.6. The molecule has 1 saturated carbocycles. The smallest absolute Gasteiger partial charge is 0.240 e. The van der Waals surface area contributed by atoms with E-state index >= 15 is 0 Å². The Bertz CT molecular complexity index is 430. The molecule has 124 valence electrons. The fourth-order valence-electron chi connectivity index (χ4n) is 4.97. The van der Waals surface area contributed by atoms with E-state index < -0.39 is 0 Å². The van der Waals surface area contributed by atoms with E-state index in [0.29, 0.717) is 18.0 Å². The van der Waals surface area contributed by atoms with Crippen LogP contribution in [0, 0.1) is 5.92 Å². The van der Waals surface area contributed by atoms with E-state index in [1.54, 1.807) is 0 Å². The molecule has 1 amide bonds. The van der Waals surface area contributed by atoms with Gasteiger partial charge in [0.05, 0.1) is 12.2 Å². The maximum Gasteiger partial charge on any atom is 0.240 e. The lowest BCUT2D eigenvalue weighted by atomic mass is 9.85. The van der Waals surface area contributed by atoms with Gasteiger partial charge in [-0.1, -0.05) is 12.8 Å². The Morgan fingerprint density at radius 3 is 2.82 bits per heavy atom. The second-order valence-corrected chi connectivity index (χ2v) is 7.72. The summed E-state index contributed by atoms with van der Waals surface area (Å²) in [6.45, 7) is 3.85. The second-order valence-electron chi connectivity index (χ2n) is 7.72. The lowest BCUT2D eigenvalue weighted by Gasteiger charge is -2.42. The third kappa shape index (κ3) is 2.56. The van der Waals surface area contributed by atoms with E-state index in [1.165, 1.54) is 25.7 Å². The molecule has 4 rings (SSSR count). The number of nitrogens with one attached hydrogen (secondary N) is 2. The summed E-state index contributed by atoms with van der Waals surface area (Å²) in [5.74, 6) is 1.04. The van der Waals surface area contributed by atoms with E-state index in [4.69, 9.17) is 5.73 Å². The second kappa shape index (κ2) is 5.74. The molecule has 6 atom stereocenters. The van der Waals surface area contributed by atoms with Gasteiger partial charge in [0.1, 0.15) is 0 Å². The maximum absolute atomic E-state index is 13.0. The summed E-state index contributed by atoms with van der Waals surface area (Å²) >= 11 is 0. The molecule has 0 aromatic carbocycles. The largest absolute Gasteiger partial charge is 0.336 e. The molecule has 3 aliphatic heterocycles. The number of nitrogens with zero attached hydrogens (tertiary/aromatic N) is 2. The van der Waals surface area contributed by atoms with Crippen molar-refractivity contribution in [1.29, 1.82) is 0 Å². The van der Waals surface area contributed by atoms with Crippen molar-refractivity contribution in [2.24, 2.45) is 11.7 Å². The summed E-state index contributed by atoms with van der Waals surface area (Å²) in [5, 5.41) is 5.87. The van der Waals surface area contributed by atoms with Gasteiger partial charge in [-0.15, -0.1) is 0 Å². The van der Waals surface area contributed by atoms with Crippen molar-refractivity contribution in [2.75, 3.05) is 13.1 Å². The highest BCUT2D eigenvalue weighted by Gasteiger charge is 2.44. The molecule has 0 bridgehead atoms. The molecule has 6 unspecified atom stereocenters. The van der Waals surface area contributed by atoms with Gasteiger partial charge in [0.15, 0.2) is 0 Å². The molecule has 0 aromatic heterocycles. The minimum absolute atomic E-state index is 0.0414. The summed E-state index contributed by atoms with van der Waals surface area (Å²) in [7, 11) is 0. The van der Waals surface area contributed by atoms with Crippen molar-refractivity contribution in [3.8, 4) is 0 Å². The molecule has 0 radical (unpaired) electrons. The number of carbonyl (C=O) groups excluding carboxylic acids is 1. The summed E-state index contributed by atoms with van der Waals surface area (Å²) < 4.78 is 0. The van der Waals surface area contributed by atoms with Gasteiger partial charge >= 0.3 is 0 Å². The lowest BCUT2D eigenvalue weighted by molar-refractivity contribution is -0.139. The Hall–Kier alpha value is -0.690. The van der Waals surface area contributed by atoms with Crippen LogP contribution in [0.2, 0.25) is 0 Å². The van der Waals surface area contributed by atoms with Gasteiger partial charge in [-0.05, 0) is 38.5 Å². The van der Waals surface area contributed by atoms with Crippen LogP contribution >= 0.6 is 0 Å². The predicted octanol–water partition coefficient (Wildman–Crippen LogP) is 0.00150. The number of rotatable bonds is 1. The molecule has 0 aromatic rings. The van der Waals surface area contributed by atoms with Gasteiger partial charge in [-0.25, -0.2) is 10.4 Å². The van der Waals surface area contributed by atoms with Gasteiger partial charge < -0.3 is 16.0 Å². The van der Waals surface area contributed by atoms with Gasteiger partial charge in [-0.3, -0.25) is 4.79 Å². The van der Waals surface area contributed by atoms with E-state index in [2.05, 4.69) is 27.6 Å². The quantitative estimate of drug-likeness (QED) is 0.636. The molecule has 3 saturated heterocycles. The fraction of sp³-hybridized carbons (Fsp3) is 0.938. The number of amides is 1. The van der Waals surface area contributed by atoms with Crippen LogP contribution in [-0.2, 0) is 4.79 Å². The Kier molecular flexibility index (Phi) is 3.88. The first-order valence-electron chi connectivity index (χ1n) is 8.96. The van der Waals surface area contributed by atoms with E-state index in [-0.39, 0.29) is 18.2 Å². The molecule has 6 heteroatoms. The van der Waals surface area contributed by atoms with Crippen LogP contribution in [0.25, 0.3) is 0 Å². The number of hydrazine groups is 1. The lowest BCUT2D eigenvalue weighted by Crippen LogP contribution is -2.61. The van der Waals surface area contributed by atoms with Crippen molar-refractivity contribution in [3.63, 3.8) is 0 Å². The Labute approximate surface area is 132 Å². The summed E-state index contributed by atoms with van der Waals surface area (Å²) in [4.78, 5) is 15.1. The number of nitrogens with two attached hydrogens (primary N) is 1. The SMILES string of the molecule is CC1CN2NC(N)CC2CN1C(=O)C1CC2CCCCC2N1. The summed E-state index contributed by atoms with van der Waals surface area (Å²) in [5.41, 5.74) is 9.31. The predicted molar refractivity (Wildman–Crippen MR) is 84.7 cm³/mol. The Morgan fingerprint density at radius 2 is 2.00 bits per heavy atom. The Balaban J connectivity index is 1.42. The number of carbonyl (C=O) groups is 1. The van der Waals surface area contributed by atoms with Gasteiger partial charge in [-0.2, -0.15) is 0 Å². The maximum atomic E-state index is 13.0. The van der Waals surface area contributed by atoms with Crippen LogP contribution in [0.3, 0.4) is 0 Å². The van der Waals surface area contributed by atoms with E-state index in [1.807, 2.05) is 0 Å². The van der Waals surface area contributed by atoms with E-state index in [9.17, 15) is 4.79 Å². The standard InChI is InChI=1S/C16H29N5O/c1-10-8-21-12(7-15(17)19-21)9-20(10)16(22)14-6-11-4-2-3-5-13(11)18-14/h10-15,18-19H,2-9,17H2,1H3. The number of piperazine rings is 1. The van der Waals surface area contributed by atoms with Crippen molar-refractivity contribution in [2.45, 2.75) is 75.8 Å². The van der Waals surface area contributed by atoms with Crippen molar-refractivity contribution in [1.82, 2.24) is 20.7 Å². The van der Waals surface area contributed by atoms with Gasteiger partial charge in [0, 0.05) is 31.2 Å². The van der Waals surface area contributed by atoms with Crippen LogP contribution in [0.4, 0.5) is 0 Å². The van der Waals surface area contributed by atoms with Crippen molar-refractivity contribution >= 4 is 5.91 Å². The van der Waals surface area contributed by atoms with Crippen LogP contribution in [0.1, 0.15) is 45.4 Å². The van der Waals surface area contributed by atoms with E-state index in [0.717, 1.165) is 31.8 Å². The summed E-state index contributed by atoms with van der Waals surface area (Å²) in [6.07, 6.45) is 7.21. The van der Waals surface area contributed by atoms with Crippen LogP contribution < -0.4 is 16.5 Å². The fourth-order valence-corrected chi connectivity index (χ4v) is 4.97. The minimum Gasteiger partial charge on any atom is -0.336 e. The molecule has 3 heterocycles. The van der Waals surface area contributed by atoms with Crippen LogP contribution in [-0.4, -0.2) is 59.2 Å². The van der Waals surface area contributed by atoms with Gasteiger partial charge in [0.25, 0.3) is 0 Å². The van der Waals surface area contributed by atoms with Crippen LogP contribution in [0.15, 0.2) is 0 Å². The van der Waals surface area contributed by atoms with Crippen molar-refractivity contribution in [3.05, 3.63) is 0 Å². The first kappa shape index (κ1) is 14.9. The third-order valence-electron chi connectivity index (χ3n) is 6.14. The molecular formula is C16H29N5O. The average molecular weight is 307 g/mol. The highest BCUT2D eigenvalue weighted by Crippen LogP contribution is 2.34. The molecule has 4 fully saturated rings. The van der Waals surface area contributed by atoms with Crippen molar-refractivity contribution < 1.29 is 4.79 Å². The number of hydrogen-bond donors (Lipinski definition) is 3. The molecule has 4 aliphatic rings. The zero-order valence-corrected chi connectivity index (χ0v) is 13.5. The topological polar surface area (TPSA) is 73.6 Å². The molecule has 1 aliphatic carbocycles. The zero-order chi connectivity index (χ0) is 15.3.